The quantitative estimate of drug-likeness (QED) is 0.484. The molecule has 3 rings (SSSR count). The molecule has 5 N–H and O–H groups in total. The van der Waals surface area contributed by atoms with E-state index in [9.17, 15) is 37.4 Å². The molecule has 0 bridgehead atoms. The molecule has 150 valence electrons. The summed E-state index contributed by atoms with van der Waals surface area (Å²) in [5.74, 6) is -0.474. The molecule has 0 spiro atoms. The number of nitrogens with zero attached hydrogens (tertiary/aromatic N) is 3. The van der Waals surface area contributed by atoms with Gasteiger partial charge in [-0.3, -0.25) is 14.3 Å². The van der Waals surface area contributed by atoms with Crippen molar-refractivity contribution in [3.8, 4) is 0 Å². The molecule has 1 saturated heterocycles. The molecule has 1 aliphatic heterocycles. The fraction of sp³-hybridized carbons (Fsp3) is 0.615. The summed E-state index contributed by atoms with van der Waals surface area (Å²) < 4.78 is 57.1. The Labute approximate surface area is 146 Å². The van der Waals surface area contributed by atoms with Gasteiger partial charge in [0, 0.05) is 6.42 Å². The first-order valence-electron chi connectivity index (χ1n) is 7.68. The molecule has 3 heterocycles. The average Bonchev–Trinajstić information content (AvgIpc) is 3.04. The molecule has 0 saturated carbocycles. The van der Waals surface area contributed by atoms with Crippen LogP contribution in [0.2, 0.25) is 0 Å². The number of H-pyrrole nitrogens is 1. The van der Waals surface area contributed by atoms with E-state index in [2.05, 4.69) is 4.98 Å². The number of halogens is 4. The highest BCUT2D eigenvalue weighted by molar-refractivity contribution is 5.71. The largest absolute Gasteiger partial charge is 0.406 e. The molecule has 1 aliphatic rings. The molecule has 2 aromatic rings. The molecule has 0 amide bonds. The number of aliphatic hydroxyl groups excluding tert-OH is 2. The van der Waals surface area contributed by atoms with Crippen LogP contribution in [0.1, 0.15) is 12.6 Å². The lowest BCUT2D eigenvalue weighted by molar-refractivity contribution is -0.140. The van der Waals surface area contributed by atoms with E-state index in [4.69, 9.17) is 10.5 Å². The van der Waals surface area contributed by atoms with Crippen LogP contribution in [0, 0.1) is 0 Å². The average molecular weight is 397 g/mol. The summed E-state index contributed by atoms with van der Waals surface area (Å²) in [5.41, 5.74) is 1.74. The molecule has 4 atom stereocenters. The Morgan fingerprint density at radius 1 is 1.41 bits per heavy atom. The van der Waals surface area contributed by atoms with Gasteiger partial charge in [0.05, 0.1) is 6.10 Å². The summed E-state index contributed by atoms with van der Waals surface area (Å²) in [5, 5.41) is 19.7. The van der Waals surface area contributed by atoms with Crippen LogP contribution in [0.5, 0.6) is 0 Å². The van der Waals surface area contributed by atoms with Gasteiger partial charge in [-0.1, -0.05) is 0 Å². The predicted molar refractivity (Wildman–Crippen MR) is 81.6 cm³/mol. The smallest absolute Gasteiger partial charge is 0.388 e. The monoisotopic (exact) mass is 397 g/mol. The summed E-state index contributed by atoms with van der Waals surface area (Å²) in [6.07, 6.45) is -11.0. The van der Waals surface area contributed by atoms with Crippen molar-refractivity contribution >= 4 is 17.1 Å². The number of rotatable bonds is 4. The number of aromatic nitrogens is 4. The van der Waals surface area contributed by atoms with Gasteiger partial charge in [-0.05, 0) is 0 Å². The first-order chi connectivity index (χ1) is 12.5. The van der Waals surface area contributed by atoms with Gasteiger partial charge in [0.25, 0.3) is 5.56 Å². The maximum Gasteiger partial charge on any atom is 0.406 e. The standard InChI is InChI=1S/C13H15F4N5O5/c14-2-5(24)6-1-4(23)10(27-6)22-8-7(9(25)20-11(18)19-8)21(12(22)26)3-13(15,16)17/h4-6,10,23-24H,1-3H2,(H3,18,19,20,25)/t4-,5+,6+,10-/m1/s1. The molecular weight excluding hydrogens is 382 g/mol. The highest BCUT2D eigenvalue weighted by atomic mass is 19.4. The number of hydrogen-bond donors (Lipinski definition) is 4. The van der Waals surface area contributed by atoms with Gasteiger partial charge < -0.3 is 20.7 Å². The van der Waals surface area contributed by atoms with Crippen molar-refractivity contribution in [1.82, 2.24) is 19.1 Å². The van der Waals surface area contributed by atoms with Crippen molar-refractivity contribution in [3.05, 3.63) is 20.8 Å². The lowest BCUT2D eigenvalue weighted by Gasteiger charge is -2.17. The highest BCUT2D eigenvalue weighted by Crippen LogP contribution is 2.32. The van der Waals surface area contributed by atoms with E-state index in [-0.39, 0.29) is 11.0 Å². The number of nitrogens with one attached hydrogen (secondary N) is 1. The highest BCUT2D eigenvalue weighted by Gasteiger charge is 2.42. The van der Waals surface area contributed by atoms with Crippen molar-refractivity contribution in [1.29, 1.82) is 0 Å². The summed E-state index contributed by atoms with van der Waals surface area (Å²) in [7, 11) is 0. The van der Waals surface area contributed by atoms with Crippen molar-refractivity contribution in [2.24, 2.45) is 0 Å². The van der Waals surface area contributed by atoms with E-state index in [1.165, 1.54) is 0 Å². The molecule has 10 nitrogen and oxygen atoms in total. The van der Waals surface area contributed by atoms with E-state index < -0.39 is 72.3 Å². The molecule has 14 heteroatoms. The van der Waals surface area contributed by atoms with Gasteiger partial charge in [-0.2, -0.15) is 18.2 Å². The Bertz CT molecular complexity index is 967. The zero-order valence-electron chi connectivity index (χ0n) is 13.5. The Kier molecular flexibility index (Phi) is 4.73. The number of imidazole rings is 1. The zero-order valence-corrected chi connectivity index (χ0v) is 13.5. The first-order valence-corrected chi connectivity index (χ1v) is 7.68. The lowest BCUT2D eigenvalue weighted by atomic mass is 10.1. The van der Waals surface area contributed by atoms with Crippen LogP contribution in [0.15, 0.2) is 9.59 Å². The summed E-state index contributed by atoms with van der Waals surface area (Å²) in [4.78, 5) is 30.3. The summed E-state index contributed by atoms with van der Waals surface area (Å²) in [6.45, 7) is -2.98. The van der Waals surface area contributed by atoms with Gasteiger partial charge in [-0.25, -0.2) is 13.8 Å². The van der Waals surface area contributed by atoms with Crippen LogP contribution >= 0.6 is 0 Å². The SMILES string of the molecule is Nc1nc2c(c(=O)[nH]1)n(CC(F)(F)F)c(=O)n2[C@@H]1O[C@H]([C@@H](O)CF)C[C@H]1O. The zero-order chi connectivity index (χ0) is 20.1. The van der Waals surface area contributed by atoms with Crippen LogP contribution < -0.4 is 17.0 Å². The molecule has 0 aromatic carbocycles. The third kappa shape index (κ3) is 3.42. The third-order valence-electron chi connectivity index (χ3n) is 4.13. The number of aliphatic hydroxyl groups is 2. The van der Waals surface area contributed by atoms with Crippen LogP contribution in [0.25, 0.3) is 11.2 Å². The van der Waals surface area contributed by atoms with Crippen LogP contribution in [0.4, 0.5) is 23.5 Å². The second-order valence-electron chi connectivity index (χ2n) is 6.07. The minimum absolute atomic E-state index is 0.135. The van der Waals surface area contributed by atoms with E-state index in [0.29, 0.717) is 4.57 Å². The fourth-order valence-corrected chi connectivity index (χ4v) is 3.01. The molecule has 2 aromatic heterocycles. The first kappa shape index (κ1) is 19.3. The van der Waals surface area contributed by atoms with Crippen LogP contribution in [-0.2, 0) is 11.3 Å². The van der Waals surface area contributed by atoms with Gasteiger partial charge >= 0.3 is 11.9 Å². The van der Waals surface area contributed by atoms with Crippen LogP contribution in [0.3, 0.4) is 0 Å². The van der Waals surface area contributed by atoms with E-state index >= 15 is 0 Å². The molecular formula is C13H15F4N5O5. The second kappa shape index (κ2) is 6.61. The van der Waals surface area contributed by atoms with Gasteiger partial charge in [0.1, 0.15) is 25.4 Å². The second-order valence-corrected chi connectivity index (χ2v) is 6.07. The third-order valence-corrected chi connectivity index (χ3v) is 4.13. The Morgan fingerprint density at radius 2 is 2.07 bits per heavy atom. The van der Waals surface area contributed by atoms with Crippen LogP contribution in [-0.4, -0.2) is 60.5 Å². The predicted octanol–water partition coefficient (Wildman–Crippen LogP) is -0.990. The summed E-state index contributed by atoms with van der Waals surface area (Å²) >= 11 is 0. The molecule has 1 fully saturated rings. The molecule has 27 heavy (non-hydrogen) atoms. The van der Waals surface area contributed by atoms with Crippen molar-refractivity contribution in [2.45, 2.75) is 43.7 Å². The van der Waals surface area contributed by atoms with E-state index in [0.717, 1.165) is 0 Å². The number of nitrogen functional groups attached to an aromatic ring is 1. The van der Waals surface area contributed by atoms with E-state index in [1.54, 1.807) is 0 Å². The Balaban J connectivity index is 2.20. The Hall–Kier alpha value is -2.45. The van der Waals surface area contributed by atoms with Gasteiger partial charge in [0.15, 0.2) is 17.4 Å². The molecule has 0 radical (unpaired) electrons. The maximum atomic E-state index is 12.9. The number of anilines is 1. The fourth-order valence-electron chi connectivity index (χ4n) is 3.01. The molecule has 0 unspecified atom stereocenters. The normalized spacial score (nSPS) is 24.6. The van der Waals surface area contributed by atoms with Gasteiger partial charge in [0.2, 0.25) is 5.95 Å². The summed E-state index contributed by atoms with van der Waals surface area (Å²) in [6, 6.07) is 0. The topological polar surface area (TPSA) is 148 Å². The van der Waals surface area contributed by atoms with Crippen molar-refractivity contribution in [2.75, 3.05) is 12.4 Å². The van der Waals surface area contributed by atoms with E-state index in [1.807, 2.05) is 4.98 Å². The number of nitrogens with two attached hydrogens (primary N) is 1. The number of fused-ring (bicyclic) bond motifs is 1. The number of aromatic amines is 1. The molecule has 0 aliphatic carbocycles. The van der Waals surface area contributed by atoms with Crippen molar-refractivity contribution in [3.63, 3.8) is 0 Å². The van der Waals surface area contributed by atoms with Gasteiger partial charge in [-0.15, -0.1) is 0 Å². The number of ether oxygens (including phenoxy) is 1. The minimum atomic E-state index is -4.83. The number of hydrogen-bond acceptors (Lipinski definition) is 7. The maximum absolute atomic E-state index is 12.9. The van der Waals surface area contributed by atoms with Crippen molar-refractivity contribution < 1.29 is 32.5 Å². The number of alkyl halides is 4. The lowest BCUT2D eigenvalue weighted by Crippen LogP contribution is -2.35. The minimum Gasteiger partial charge on any atom is -0.388 e. The Morgan fingerprint density at radius 3 is 2.67 bits per heavy atom.